The lowest BCUT2D eigenvalue weighted by molar-refractivity contribution is -0.138. The summed E-state index contributed by atoms with van der Waals surface area (Å²) in [6, 6.07) is 0. The van der Waals surface area contributed by atoms with E-state index in [9.17, 15) is 39.0 Å². The third kappa shape index (κ3) is 8.96. The molecule has 68 heavy (non-hydrogen) atoms. The van der Waals surface area contributed by atoms with Gasteiger partial charge in [0.1, 0.15) is 84.4 Å². The Balaban J connectivity index is 0.938. The largest absolute Gasteiger partial charge is 0.481 e. The number of nitrogens with two attached hydrogens (primary N) is 3. The second kappa shape index (κ2) is 18.8. The molecular weight excluding hydrogens is 952 g/mol. The number of methoxy groups -OCH3 is 2. The number of phosphoric acid groups is 2. The number of nitrogens with zero attached hydrogens (tertiary/aromatic N) is 12. The van der Waals surface area contributed by atoms with Crippen molar-refractivity contribution in [2.75, 3.05) is 44.6 Å². The van der Waals surface area contributed by atoms with Gasteiger partial charge in [-0.1, -0.05) is 0 Å². The van der Waals surface area contributed by atoms with Crippen LogP contribution in [0.5, 0.6) is 0 Å². The van der Waals surface area contributed by atoms with Gasteiger partial charge in [-0.2, -0.15) is 0 Å². The van der Waals surface area contributed by atoms with Crippen LogP contribution in [0.4, 0.5) is 17.5 Å². The highest BCUT2D eigenvalue weighted by molar-refractivity contribution is 7.47. The second-order valence-corrected chi connectivity index (χ2v) is 18.2. The quantitative estimate of drug-likeness (QED) is 0.0457. The zero-order chi connectivity index (χ0) is 48.2. The molecule has 6 aromatic heterocycles. The predicted molar refractivity (Wildman–Crippen MR) is 223 cm³/mol. The van der Waals surface area contributed by atoms with Crippen LogP contribution in [0.25, 0.3) is 33.5 Å². The molecule has 9 heterocycles. The van der Waals surface area contributed by atoms with Crippen LogP contribution in [-0.4, -0.2) is 172 Å². The number of hydrogen-bond donors (Lipinski definition) is 8. The fourth-order valence-electron chi connectivity index (χ4n) is 8.26. The number of aliphatic carboxylic acids is 1. The van der Waals surface area contributed by atoms with Gasteiger partial charge in [0.2, 0.25) is 0 Å². The monoisotopic (exact) mass is 995 g/mol. The molecule has 0 radical (unpaired) electrons. The van der Waals surface area contributed by atoms with E-state index in [1.807, 2.05) is 0 Å². The van der Waals surface area contributed by atoms with E-state index >= 15 is 0 Å². The summed E-state index contributed by atoms with van der Waals surface area (Å²) in [6.07, 6.45) is -9.97. The van der Waals surface area contributed by atoms with Crippen LogP contribution in [0.2, 0.25) is 0 Å². The van der Waals surface area contributed by atoms with Crippen molar-refractivity contribution in [2.24, 2.45) is 0 Å². The minimum atomic E-state index is -5.24. The van der Waals surface area contributed by atoms with Gasteiger partial charge in [-0.3, -0.25) is 36.6 Å². The van der Waals surface area contributed by atoms with Gasteiger partial charge >= 0.3 is 21.6 Å². The van der Waals surface area contributed by atoms with Crippen LogP contribution < -0.4 is 17.2 Å². The Morgan fingerprint density at radius 2 is 1.00 bits per heavy atom. The number of nitrogen functional groups attached to an aromatic ring is 3. The molecule has 0 spiro atoms. The lowest BCUT2D eigenvalue weighted by Crippen LogP contribution is -2.38. The van der Waals surface area contributed by atoms with E-state index in [-0.39, 0.29) is 63.8 Å². The highest BCUT2D eigenvalue weighted by Crippen LogP contribution is 2.53. The van der Waals surface area contributed by atoms with Gasteiger partial charge in [0.15, 0.2) is 53.1 Å². The van der Waals surface area contributed by atoms with Crippen molar-refractivity contribution < 1.29 is 80.8 Å². The Labute approximate surface area is 380 Å². The maximum atomic E-state index is 14.0. The number of hydrogen-bond acceptors (Lipinski definition) is 26. The maximum absolute atomic E-state index is 14.0. The summed E-state index contributed by atoms with van der Waals surface area (Å²) in [7, 11) is -8.00. The van der Waals surface area contributed by atoms with Gasteiger partial charge in [-0.25, -0.2) is 54.0 Å². The van der Waals surface area contributed by atoms with Crippen LogP contribution in [0.15, 0.2) is 38.0 Å². The minimum Gasteiger partial charge on any atom is -0.481 e. The average Bonchev–Trinajstić information content (AvgIpc) is 4.16. The number of aromatic nitrogens is 12. The first-order valence-electron chi connectivity index (χ1n) is 20.2. The van der Waals surface area contributed by atoms with E-state index in [4.69, 9.17) is 59.0 Å². The van der Waals surface area contributed by atoms with Gasteiger partial charge in [0, 0.05) is 20.6 Å². The van der Waals surface area contributed by atoms with Crippen molar-refractivity contribution >= 4 is 72.6 Å². The fourth-order valence-corrected chi connectivity index (χ4v) is 10.1. The van der Waals surface area contributed by atoms with Crippen molar-refractivity contribution in [3.63, 3.8) is 0 Å². The molecule has 0 aliphatic carbocycles. The lowest BCUT2D eigenvalue weighted by atomic mass is 10.1. The number of rotatable bonds is 18. The highest BCUT2D eigenvalue weighted by Gasteiger charge is 2.54. The molecule has 3 fully saturated rings. The zero-order valence-electron chi connectivity index (χ0n) is 35.3. The van der Waals surface area contributed by atoms with E-state index in [0.29, 0.717) is 0 Å². The molecule has 9 rings (SSSR count). The third-order valence-electron chi connectivity index (χ3n) is 11.4. The van der Waals surface area contributed by atoms with E-state index in [2.05, 4.69) is 44.9 Å². The lowest BCUT2D eigenvalue weighted by Gasteiger charge is -2.27. The van der Waals surface area contributed by atoms with E-state index < -0.39 is 108 Å². The average molecular weight is 996 g/mol. The number of aliphatic hydroxyl groups excluding tert-OH is 2. The van der Waals surface area contributed by atoms with Crippen molar-refractivity contribution in [3.8, 4) is 0 Å². The summed E-state index contributed by atoms with van der Waals surface area (Å²) in [5, 5.41) is 31.2. The van der Waals surface area contributed by atoms with Crippen LogP contribution in [0, 0.1) is 0 Å². The predicted octanol–water partition coefficient (Wildman–Crippen LogP) is -1.43. The molecule has 34 heteroatoms. The summed E-state index contributed by atoms with van der Waals surface area (Å²) < 4.78 is 83.5. The van der Waals surface area contributed by atoms with Crippen LogP contribution >= 0.6 is 15.6 Å². The van der Waals surface area contributed by atoms with Crippen LogP contribution in [0.1, 0.15) is 31.5 Å². The minimum absolute atomic E-state index is 0.0227. The molecular formula is C34H43N15O17P2. The molecule has 6 aromatic rings. The van der Waals surface area contributed by atoms with E-state index in [1.54, 1.807) is 0 Å². The van der Waals surface area contributed by atoms with Crippen molar-refractivity contribution in [3.05, 3.63) is 38.0 Å². The second-order valence-electron chi connectivity index (χ2n) is 15.4. The molecule has 0 aromatic carbocycles. The van der Waals surface area contributed by atoms with Gasteiger partial charge < -0.3 is 66.0 Å². The molecule has 0 saturated carbocycles. The molecule has 3 aliphatic heterocycles. The number of imidazole rings is 3. The highest BCUT2D eigenvalue weighted by atomic mass is 31.2. The Morgan fingerprint density at radius 3 is 1.44 bits per heavy atom. The summed E-state index contributed by atoms with van der Waals surface area (Å²) in [5.41, 5.74) is 18.8. The molecule has 32 nitrogen and oxygen atoms in total. The molecule has 0 amide bonds. The zero-order valence-corrected chi connectivity index (χ0v) is 37.1. The summed E-state index contributed by atoms with van der Waals surface area (Å²) in [5.74, 6) is -1.08. The Kier molecular flexibility index (Phi) is 13.1. The molecule has 2 unspecified atom stereocenters. The smallest absolute Gasteiger partial charge is 0.472 e. The standard InChI is InChI=1S/C34H43N15O17P2/c1-58-22-13(3-4-16(50)51)62-33(48-11-45-18-27(36)39-8-42-30(18)48)24(22)65-68(56,57)61-6-15-23(59-2)25(34(64-15)49-12-46-19-28(37)40-9-43-31(19)49)66-67(54,55)60-5-14-20(52)21(53)32(63-14)47-10-44-17-26(35)38-7-41-29(17)47/h7-15,20-25,32-34,52-53H,3-6H2,1-2H3,(H,50,51)(H,54,55)(H,56,57)(H2,35,38,41)(H2,36,39,42)(H2,37,40,43)/t13-,14-,15-,20-,21-,22-,23-,24-,25-,32-,33-,34-/m1/s1. The number of fused-ring (bicyclic) bond motifs is 3. The van der Waals surface area contributed by atoms with Crippen molar-refractivity contribution in [1.82, 2.24) is 58.6 Å². The molecule has 366 valence electrons. The topological polar surface area (TPSA) is 444 Å². The first kappa shape index (κ1) is 47.5. The normalized spacial score (nSPS) is 30.4. The van der Waals surface area contributed by atoms with Crippen LogP contribution in [-0.2, 0) is 55.7 Å². The number of ether oxygens (including phenoxy) is 5. The SMILES string of the molecule is CO[C@H]1[C@@H](OP(=O)(O)OC[C@H]2O[C@@H](n3cnc4c(N)ncnc43)[C@H](OP(=O)(O)OC[C@H]3O[C@@H](n4cnc5c(N)ncnc54)[C@H](O)[C@@H]3O)[C@@H]2OC)[C@H](n2cnc3c(N)ncnc32)O[C@@H]1CCC(=O)O. The first-order valence-corrected chi connectivity index (χ1v) is 23.2. The Hall–Kier alpha value is -5.54. The number of carbonyl (C=O) groups is 1. The van der Waals surface area contributed by atoms with Gasteiger partial charge in [0.05, 0.1) is 38.3 Å². The summed E-state index contributed by atoms with van der Waals surface area (Å²) in [6.45, 7) is -1.61. The van der Waals surface area contributed by atoms with Crippen LogP contribution in [0.3, 0.4) is 0 Å². The maximum Gasteiger partial charge on any atom is 0.472 e. The molecule has 3 aliphatic rings. The van der Waals surface area contributed by atoms with E-state index in [0.717, 1.165) is 12.7 Å². The van der Waals surface area contributed by atoms with Gasteiger partial charge in [0.25, 0.3) is 0 Å². The fraction of sp³-hybridized carbons (Fsp3) is 0.529. The number of carboxylic acid groups (broad SMARTS) is 1. The summed E-state index contributed by atoms with van der Waals surface area (Å²) in [4.78, 5) is 70.9. The summed E-state index contributed by atoms with van der Waals surface area (Å²) >= 11 is 0. The van der Waals surface area contributed by atoms with Gasteiger partial charge in [-0.15, -0.1) is 0 Å². The van der Waals surface area contributed by atoms with Crippen molar-refractivity contribution in [1.29, 1.82) is 0 Å². The number of phosphoric ester groups is 2. The third-order valence-corrected chi connectivity index (χ3v) is 13.4. The number of anilines is 3. The first-order chi connectivity index (χ1) is 32.5. The van der Waals surface area contributed by atoms with Gasteiger partial charge in [-0.05, 0) is 6.42 Å². The molecule has 11 N–H and O–H groups in total. The number of carboxylic acids is 1. The molecule has 14 atom stereocenters. The Morgan fingerprint density at radius 1 is 0.603 bits per heavy atom. The molecule has 3 saturated heterocycles. The van der Waals surface area contributed by atoms with Crippen molar-refractivity contribution in [2.45, 2.75) is 86.5 Å². The number of aliphatic hydroxyl groups is 2. The Bertz CT molecular complexity index is 2910. The molecule has 0 bridgehead atoms. The van der Waals surface area contributed by atoms with E-state index in [1.165, 1.54) is 53.2 Å².